The molecule has 0 amide bonds. The molecule has 0 bridgehead atoms. The number of hydrogen-bond acceptors (Lipinski definition) is 2. The molecule has 120 valence electrons. The molecule has 0 spiro atoms. The second-order valence-corrected chi connectivity index (χ2v) is 7.11. The van der Waals surface area contributed by atoms with Gasteiger partial charge in [0.05, 0.1) is 5.60 Å². The van der Waals surface area contributed by atoms with Crippen molar-refractivity contribution >= 4 is 5.78 Å². The first-order valence-corrected chi connectivity index (χ1v) is 8.38. The Morgan fingerprint density at radius 2 is 1.70 bits per heavy atom. The lowest BCUT2D eigenvalue weighted by atomic mass is 9.81. The molecule has 0 N–H and O–H groups in total. The van der Waals surface area contributed by atoms with E-state index in [-0.39, 0.29) is 11.0 Å². The summed E-state index contributed by atoms with van der Waals surface area (Å²) in [6.07, 6.45) is 5.66. The van der Waals surface area contributed by atoms with Crippen molar-refractivity contribution in [3.8, 4) is 0 Å². The van der Waals surface area contributed by atoms with Gasteiger partial charge in [0.1, 0.15) is 5.78 Å². The van der Waals surface area contributed by atoms with E-state index in [1.54, 1.807) is 0 Å². The van der Waals surface area contributed by atoms with E-state index in [9.17, 15) is 4.79 Å². The molecule has 0 aliphatic rings. The summed E-state index contributed by atoms with van der Waals surface area (Å²) in [4.78, 5) is 12.2. The Morgan fingerprint density at radius 1 is 1.10 bits per heavy atom. The third kappa shape index (κ3) is 6.88. The molecule has 0 saturated heterocycles. The van der Waals surface area contributed by atoms with Gasteiger partial charge in [-0.05, 0) is 38.5 Å². The molecule has 0 aromatic carbocycles. The SMILES string of the molecule is CCC(C)CCOC(C)(CC)CCC(=O)C(C)(C)CC. The number of rotatable bonds is 11. The third-order valence-electron chi connectivity index (χ3n) is 5.03. The minimum Gasteiger partial charge on any atom is -0.375 e. The first kappa shape index (κ1) is 19.6. The Kier molecular flexibility index (Phi) is 8.65. The third-order valence-corrected chi connectivity index (χ3v) is 5.03. The standard InChI is InChI=1S/C18H36O2/c1-8-15(4)12-14-20-18(7,10-3)13-11-16(19)17(5,6)9-2/h15H,8-14H2,1-7H3. The lowest BCUT2D eigenvalue weighted by Gasteiger charge is -2.30. The maximum atomic E-state index is 12.2. The number of ketones is 1. The fourth-order valence-corrected chi connectivity index (χ4v) is 1.98. The van der Waals surface area contributed by atoms with Crippen LogP contribution in [0.1, 0.15) is 87.0 Å². The molecule has 0 saturated carbocycles. The Hall–Kier alpha value is -0.370. The van der Waals surface area contributed by atoms with Gasteiger partial charge in [-0.1, -0.05) is 48.0 Å². The van der Waals surface area contributed by atoms with Crippen LogP contribution in [-0.2, 0) is 9.53 Å². The summed E-state index contributed by atoms with van der Waals surface area (Å²) >= 11 is 0. The van der Waals surface area contributed by atoms with Crippen molar-refractivity contribution in [1.82, 2.24) is 0 Å². The van der Waals surface area contributed by atoms with Crippen LogP contribution in [0.2, 0.25) is 0 Å². The van der Waals surface area contributed by atoms with E-state index >= 15 is 0 Å². The Morgan fingerprint density at radius 3 is 2.15 bits per heavy atom. The molecule has 20 heavy (non-hydrogen) atoms. The average molecular weight is 284 g/mol. The molecule has 0 radical (unpaired) electrons. The van der Waals surface area contributed by atoms with Crippen LogP contribution in [0.4, 0.5) is 0 Å². The van der Waals surface area contributed by atoms with Crippen LogP contribution in [0.25, 0.3) is 0 Å². The van der Waals surface area contributed by atoms with Crippen LogP contribution in [0.5, 0.6) is 0 Å². The highest BCUT2D eigenvalue weighted by Gasteiger charge is 2.29. The quantitative estimate of drug-likeness (QED) is 0.508. The van der Waals surface area contributed by atoms with E-state index in [1.165, 1.54) is 6.42 Å². The van der Waals surface area contributed by atoms with Gasteiger partial charge in [0.25, 0.3) is 0 Å². The Bertz CT molecular complexity index is 283. The van der Waals surface area contributed by atoms with E-state index < -0.39 is 0 Å². The van der Waals surface area contributed by atoms with Crippen molar-refractivity contribution < 1.29 is 9.53 Å². The summed E-state index contributed by atoms with van der Waals surface area (Å²) in [6, 6.07) is 0. The van der Waals surface area contributed by atoms with E-state index in [4.69, 9.17) is 4.74 Å². The first-order valence-electron chi connectivity index (χ1n) is 8.38. The largest absolute Gasteiger partial charge is 0.375 e. The molecule has 0 heterocycles. The van der Waals surface area contributed by atoms with E-state index in [0.29, 0.717) is 12.2 Å². The average Bonchev–Trinajstić information content (AvgIpc) is 2.44. The highest BCUT2D eigenvalue weighted by molar-refractivity contribution is 5.84. The van der Waals surface area contributed by atoms with Crippen molar-refractivity contribution in [2.75, 3.05) is 6.61 Å². The molecule has 0 aliphatic carbocycles. The van der Waals surface area contributed by atoms with Gasteiger partial charge >= 0.3 is 0 Å². The summed E-state index contributed by atoms with van der Waals surface area (Å²) in [5.41, 5.74) is -0.335. The van der Waals surface area contributed by atoms with E-state index in [2.05, 4.69) is 34.6 Å². The topological polar surface area (TPSA) is 26.3 Å². The molecule has 2 atom stereocenters. The summed E-state index contributed by atoms with van der Waals surface area (Å²) in [7, 11) is 0. The molecular weight excluding hydrogens is 248 g/mol. The molecule has 2 unspecified atom stereocenters. The fraction of sp³-hybridized carbons (Fsp3) is 0.944. The highest BCUT2D eigenvalue weighted by atomic mass is 16.5. The summed E-state index contributed by atoms with van der Waals surface area (Å²) < 4.78 is 6.10. The van der Waals surface area contributed by atoms with Crippen molar-refractivity contribution in [2.24, 2.45) is 11.3 Å². The lowest BCUT2D eigenvalue weighted by molar-refractivity contribution is -0.129. The zero-order chi connectivity index (χ0) is 15.8. The van der Waals surface area contributed by atoms with Crippen molar-refractivity contribution in [3.05, 3.63) is 0 Å². The van der Waals surface area contributed by atoms with E-state index in [1.807, 2.05) is 13.8 Å². The van der Waals surface area contributed by atoms with Crippen LogP contribution in [0.3, 0.4) is 0 Å². The Labute approximate surface area is 126 Å². The minimum atomic E-state index is -0.189. The van der Waals surface area contributed by atoms with Gasteiger partial charge in [0.15, 0.2) is 0 Å². The van der Waals surface area contributed by atoms with Crippen LogP contribution >= 0.6 is 0 Å². The van der Waals surface area contributed by atoms with Crippen molar-refractivity contribution in [1.29, 1.82) is 0 Å². The van der Waals surface area contributed by atoms with Gasteiger partial charge in [-0.3, -0.25) is 4.79 Å². The zero-order valence-electron chi connectivity index (χ0n) is 14.8. The second-order valence-electron chi connectivity index (χ2n) is 7.11. The molecule has 0 rings (SSSR count). The van der Waals surface area contributed by atoms with Crippen LogP contribution < -0.4 is 0 Å². The molecule has 0 aliphatic heterocycles. The van der Waals surface area contributed by atoms with Crippen molar-refractivity contribution in [2.45, 2.75) is 92.6 Å². The predicted molar refractivity (Wildman–Crippen MR) is 87.0 cm³/mol. The number of Topliss-reactive ketones (excluding diaryl/α,β-unsaturated/α-hetero) is 1. The fourth-order valence-electron chi connectivity index (χ4n) is 1.98. The smallest absolute Gasteiger partial charge is 0.138 e. The number of carbonyl (C=O) groups is 1. The van der Waals surface area contributed by atoms with Crippen LogP contribution in [0.15, 0.2) is 0 Å². The molecule has 2 heteroatoms. The minimum absolute atomic E-state index is 0.146. The summed E-state index contributed by atoms with van der Waals surface area (Å²) in [5, 5.41) is 0. The number of ether oxygens (including phenoxy) is 1. The zero-order valence-corrected chi connectivity index (χ0v) is 14.8. The molecule has 0 aromatic heterocycles. The molecular formula is C18H36O2. The maximum absolute atomic E-state index is 12.2. The van der Waals surface area contributed by atoms with Gasteiger partial charge in [-0.25, -0.2) is 0 Å². The lowest BCUT2D eigenvalue weighted by Crippen LogP contribution is -2.32. The highest BCUT2D eigenvalue weighted by Crippen LogP contribution is 2.28. The van der Waals surface area contributed by atoms with Crippen LogP contribution in [0, 0.1) is 11.3 Å². The monoisotopic (exact) mass is 284 g/mol. The number of hydrogen-bond donors (Lipinski definition) is 0. The molecule has 0 fully saturated rings. The van der Waals surface area contributed by atoms with Gasteiger partial charge in [0, 0.05) is 18.4 Å². The van der Waals surface area contributed by atoms with Crippen LogP contribution in [-0.4, -0.2) is 18.0 Å². The summed E-state index contributed by atoms with van der Waals surface area (Å²) in [5.74, 6) is 1.09. The Balaban J connectivity index is 4.27. The molecule has 2 nitrogen and oxygen atoms in total. The maximum Gasteiger partial charge on any atom is 0.138 e. The van der Waals surface area contributed by atoms with Gasteiger partial charge < -0.3 is 4.74 Å². The summed E-state index contributed by atoms with van der Waals surface area (Å²) in [6.45, 7) is 15.8. The number of carbonyl (C=O) groups excluding carboxylic acids is 1. The van der Waals surface area contributed by atoms with Gasteiger partial charge in [0.2, 0.25) is 0 Å². The van der Waals surface area contributed by atoms with Gasteiger partial charge in [-0.2, -0.15) is 0 Å². The first-order chi connectivity index (χ1) is 9.20. The predicted octanol–water partition coefficient (Wildman–Crippen LogP) is 5.39. The molecule has 0 aromatic rings. The van der Waals surface area contributed by atoms with E-state index in [0.717, 1.165) is 38.2 Å². The van der Waals surface area contributed by atoms with Gasteiger partial charge in [-0.15, -0.1) is 0 Å². The normalized spacial score (nSPS) is 16.8. The van der Waals surface area contributed by atoms with Crippen molar-refractivity contribution in [3.63, 3.8) is 0 Å². The second kappa shape index (κ2) is 8.81.